The lowest BCUT2D eigenvalue weighted by atomic mass is 9.87. The summed E-state index contributed by atoms with van der Waals surface area (Å²) in [6.07, 6.45) is 12.2. The number of nitrogens with zero attached hydrogens (tertiary/aromatic N) is 1. The lowest BCUT2D eigenvalue weighted by Crippen LogP contribution is -2.55. The minimum atomic E-state index is 0.182. The predicted molar refractivity (Wildman–Crippen MR) is 58.0 cm³/mol. The van der Waals surface area contributed by atoms with E-state index < -0.39 is 0 Å². The van der Waals surface area contributed by atoms with E-state index in [0.29, 0.717) is 12.5 Å². The molecule has 0 bridgehead atoms. The lowest BCUT2D eigenvalue weighted by molar-refractivity contribution is -0.122. The number of fused-ring (bicyclic) bond motifs is 3. The van der Waals surface area contributed by atoms with Gasteiger partial charge in [0.05, 0.1) is 12.1 Å². The highest BCUT2D eigenvalue weighted by Gasteiger charge is 2.34. The quantitative estimate of drug-likeness (QED) is 0.593. The molecule has 3 heterocycles. The molecule has 1 N–H and O–H groups in total. The molecule has 3 rings (SSSR count). The minimum absolute atomic E-state index is 0.182. The second-order valence-electron chi connectivity index (χ2n) is 4.24. The maximum Gasteiger partial charge on any atom is 0.220 e. The van der Waals surface area contributed by atoms with Crippen LogP contribution in [0.5, 0.6) is 0 Å². The van der Waals surface area contributed by atoms with Gasteiger partial charge in [-0.1, -0.05) is 18.2 Å². The van der Waals surface area contributed by atoms with E-state index in [-0.39, 0.29) is 11.9 Å². The number of piperidine rings is 1. The molecule has 0 saturated carbocycles. The normalized spacial score (nSPS) is 32.9. The van der Waals surface area contributed by atoms with E-state index in [1.54, 1.807) is 0 Å². The number of allylic oxidation sites excluding steroid dienone is 2. The zero-order chi connectivity index (χ0) is 10.3. The Morgan fingerprint density at radius 2 is 2.27 bits per heavy atom. The summed E-state index contributed by atoms with van der Waals surface area (Å²) < 4.78 is 0. The Labute approximate surface area is 89.1 Å². The molecule has 3 aliphatic heterocycles. The molecule has 0 aromatic rings. The van der Waals surface area contributed by atoms with Gasteiger partial charge in [0.2, 0.25) is 5.91 Å². The van der Waals surface area contributed by atoms with Crippen molar-refractivity contribution in [1.29, 1.82) is 0 Å². The van der Waals surface area contributed by atoms with Crippen molar-refractivity contribution in [1.82, 2.24) is 10.2 Å². The van der Waals surface area contributed by atoms with E-state index in [1.165, 1.54) is 5.57 Å². The average molecular weight is 202 g/mol. The summed E-state index contributed by atoms with van der Waals surface area (Å²) in [6, 6.07) is 0.514. The SMILES string of the molecule is O=C1CCC2=CCN3C=CC=CC3C2N1. The van der Waals surface area contributed by atoms with Gasteiger partial charge in [0.15, 0.2) is 0 Å². The van der Waals surface area contributed by atoms with Gasteiger partial charge in [0.25, 0.3) is 0 Å². The van der Waals surface area contributed by atoms with Crippen LogP contribution in [0.3, 0.4) is 0 Å². The molecule has 1 fully saturated rings. The van der Waals surface area contributed by atoms with E-state index in [9.17, 15) is 4.79 Å². The number of hydrogen-bond acceptors (Lipinski definition) is 2. The first-order valence-corrected chi connectivity index (χ1v) is 5.43. The molecule has 0 aliphatic carbocycles. The fraction of sp³-hybridized carbons (Fsp3) is 0.417. The van der Waals surface area contributed by atoms with Crippen LogP contribution in [0.15, 0.2) is 36.1 Å². The molecule has 0 spiro atoms. The molecule has 15 heavy (non-hydrogen) atoms. The van der Waals surface area contributed by atoms with Crippen LogP contribution in [0.1, 0.15) is 12.8 Å². The highest BCUT2D eigenvalue weighted by molar-refractivity contribution is 5.78. The molecule has 0 aromatic carbocycles. The molecule has 3 aliphatic rings. The van der Waals surface area contributed by atoms with Gasteiger partial charge < -0.3 is 10.2 Å². The maximum absolute atomic E-state index is 11.4. The van der Waals surface area contributed by atoms with E-state index in [0.717, 1.165) is 13.0 Å². The Hall–Kier alpha value is -1.51. The predicted octanol–water partition coefficient (Wildman–Crippen LogP) is 0.959. The van der Waals surface area contributed by atoms with Crippen LogP contribution in [0, 0.1) is 0 Å². The molecule has 1 amide bonds. The first kappa shape index (κ1) is 8.77. The van der Waals surface area contributed by atoms with Crippen LogP contribution in [0.25, 0.3) is 0 Å². The van der Waals surface area contributed by atoms with Crippen LogP contribution in [0.2, 0.25) is 0 Å². The summed E-state index contributed by atoms with van der Waals surface area (Å²) in [7, 11) is 0. The number of amides is 1. The molecule has 3 heteroatoms. The monoisotopic (exact) mass is 202 g/mol. The average Bonchev–Trinajstić information content (AvgIpc) is 2.29. The minimum Gasteiger partial charge on any atom is -0.365 e. The van der Waals surface area contributed by atoms with Gasteiger partial charge in [-0.2, -0.15) is 0 Å². The molecule has 0 radical (unpaired) electrons. The van der Waals surface area contributed by atoms with Crippen molar-refractivity contribution in [2.45, 2.75) is 24.9 Å². The van der Waals surface area contributed by atoms with Crippen LogP contribution in [-0.2, 0) is 4.79 Å². The highest BCUT2D eigenvalue weighted by Crippen LogP contribution is 2.27. The summed E-state index contributed by atoms with van der Waals surface area (Å²) in [5.41, 5.74) is 1.40. The van der Waals surface area contributed by atoms with E-state index in [1.807, 2.05) is 6.08 Å². The molecule has 3 nitrogen and oxygen atoms in total. The maximum atomic E-state index is 11.4. The fourth-order valence-corrected chi connectivity index (χ4v) is 2.54. The van der Waals surface area contributed by atoms with Crippen molar-refractivity contribution in [3.63, 3.8) is 0 Å². The van der Waals surface area contributed by atoms with Crippen molar-refractivity contribution in [3.05, 3.63) is 36.1 Å². The van der Waals surface area contributed by atoms with Crippen molar-refractivity contribution in [3.8, 4) is 0 Å². The summed E-state index contributed by atoms with van der Waals surface area (Å²) in [6.45, 7) is 0.965. The van der Waals surface area contributed by atoms with Crippen LogP contribution >= 0.6 is 0 Å². The van der Waals surface area contributed by atoms with Gasteiger partial charge in [0, 0.05) is 19.2 Å². The third-order valence-electron chi connectivity index (χ3n) is 3.34. The molecule has 2 atom stereocenters. The Kier molecular flexibility index (Phi) is 1.91. The molecule has 2 unspecified atom stereocenters. The topological polar surface area (TPSA) is 32.3 Å². The van der Waals surface area contributed by atoms with Gasteiger partial charge in [-0.05, 0) is 18.1 Å². The molecule has 0 aromatic heterocycles. The van der Waals surface area contributed by atoms with Gasteiger partial charge in [-0.15, -0.1) is 0 Å². The van der Waals surface area contributed by atoms with E-state index in [2.05, 4.69) is 34.6 Å². The second kappa shape index (κ2) is 3.26. The van der Waals surface area contributed by atoms with Gasteiger partial charge in [-0.3, -0.25) is 4.79 Å². The zero-order valence-corrected chi connectivity index (χ0v) is 8.52. The lowest BCUT2D eigenvalue weighted by Gasteiger charge is -2.42. The number of carbonyl (C=O) groups excluding carboxylic acids is 1. The summed E-state index contributed by atoms with van der Waals surface area (Å²) in [5, 5.41) is 3.08. The Balaban J connectivity index is 1.92. The molecular formula is C12H14N2O. The Morgan fingerprint density at radius 3 is 3.20 bits per heavy atom. The number of hydrogen-bond donors (Lipinski definition) is 1. The standard InChI is InChI=1S/C12H14N2O/c15-11-5-4-9-6-8-14-7-2-1-3-10(14)12(9)13-11/h1-3,6-7,10,12H,4-5,8H2,(H,13,15). The third kappa shape index (κ3) is 1.39. The first-order chi connectivity index (χ1) is 7.34. The molecule has 1 saturated heterocycles. The molecular weight excluding hydrogens is 188 g/mol. The summed E-state index contributed by atoms with van der Waals surface area (Å²) >= 11 is 0. The van der Waals surface area contributed by atoms with E-state index >= 15 is 0 Å². The van der Waals surface area contributed by atoms with Crippen LogP contribution in [-0.4, -0.2) is 29.4 Å². The second-order valence-corrected chi connectivity index (χ2v) is 4.24. The van der Waals surface area contributed by atoms with Crippen LogP contribution in [0.4, 0.5) is 0 Å². The third-order valence-corrected chi connectivity index (χ3v) is 3.34. The highest BCUT2D eigenvalue weighted by atomic mass is 16.1. The van der Waals surface area contributed by atoms with Crippen molar-refractivity contribution in [2.75, 3.05) is 6.54 Å². The molecule has 78 valence electrons. The van der Waals surface area contributed by atoms with Crippen molar-refractivity contribution >= 4 is 5.91 Å². The zero-order valence-electron chi connectivity index (χ0n) is 8.52. The number of rotatable bonds is 0. The first-order valence-electron chi connectivity index (χ1n) is 5.43. The van der Waals surface area contributed by atoms with Crippen LogP contribution < -0.4 is 5.32 Å². The van der Waals surface area contributed by atoms with Gasteiger partial charge in [-0.25, -0.2) is 0 Å². The van der Waals surface area contributed by atoms with Crippen molar-refractivity contribution in [2.24, 2.45) is 0 Å². The summed E-state index contributed by atoms with van der Waals surface area (Å²) in [4.78, 5) is 13.7. The van der Waals surface area contributed by atoms with Gasteiger partial charge in [0.1, 0.15) is 0 Å². The smallest absolute Gasteiger partial charge is 0.220 e. The summed E-state index contributed by atoms with van der Waals surface area (Å²) in [5.74, 6) is 0.182. The fourth-order valence-electron chi connectivity index (χ4n) is 2.54. The van der Waals surface area contributed by atoms with Crippen molar-refractivity contribution < 1.29 is 4.79 Å². The Bertz CT molecular complexity index is 381. The largest absolute Gasteiger partial charge is 0.365 e. The number of carbonyl (C=O) groups is 1. The van der Waals surface area contributed by atoms with Gasteiger partial charge >= 0.3 is 0 Å². The number of nitrogens with one attached hydrogen (secondary N) is 1. The van der Waals surface area contributed by atoms with E-state index in [4.69, 9.17) is 0 Å². The Morgan fingerprint density at radius 1 is 1.33 bits per heavy atom.